The highest BCUT2D eigenvalue weighted by Gasteiger charge is 2.24. The maximum Gasteiger partial charge on any atom is 0.0231 e. The van der Waals surface area contributed by atoms with Gasteiger partial charge in [-0.3, -0.25) is 0 Å². The zero-order chi connectivity index (χ0) is 7.78. The summed E-state index contributed by atoms with van der Waals surface area (Å²) in [6.45, 7) is 6.73. The van der Waals surface area contributed by atoms with E-state index in [0.717, 1.165) is 6.42 Å². The van der Waals surface area contributed by atoms with Crippen LogP contribution in [0.3, 0.4) is 0 Å². The molecule has 1 unspecified atom stereocenters. The Kier molecular flexibility index (Phi) is 3.59. The third kappa shape index (κ3) is 3.26. The lowest BCUT2D eigenvalue weighted by atomic mass is 9.76. The number of hydrogen-bond acceptors (Lipinski definition) is 1. The molecule has 0 aromatic heterocycles. The molecule has 1 aliphatic carbocycles. The molecule has 1 atom stereocenters. The molecule has 0 aromatic carbocycles. The van der Waals surface area contributed by atoms with Gasteiger partial charge in [-0.1, -0.05) is 25.5 Å². The molecule has 0 aliphatic heterocycles. The first kappa shape index (κ1) is 11.0. The molecule has 1 aliphatic rings. The summed E-state index contributed by atoms with van der Waals surface area (Å²) in [6, 6.07) is 0.295. The molecule has 66 valence electrons. The van der Waals surface area contributed by atoms with E-state index in [-0.39, 0.29) is 12.4 Å². The van der Waals surface area contributed by atoms with Crippen LogP contribution in [-0.4, -0.2) is 6.04 Å². The third-order valence-corrected chi connectivity index (χ3v) is 2.04. The van der Waals surface area contributed by atoms with Gasteiger partial charge in [0.25, 0.3) is 0 Å². The van der Waals surface area contributed by atoms with Crippen LogP contribution in [0.15, 0.2) is 11.6 Å². The Morgan fingerprint density at radius 3 is 2.45 bits per heavy atom. The van der Waals surface area contributed by atoms with Gasteiger partial charge in [-0.15, -0.1) is 12.4 Å². The molecular formula is C9H18ClN. The standard InChI is InChI=1S/C9H17N.ClH/c1-7-4-8(10)6-9(2,3)5-7;/h4,8H,5-6,10H2,1-3H3;1H. The number of hydrogen-bond donors (Lipinski definition) is 1. The van der Waals surface area contributed by atoms with Crippen molar-refractivity contribution in [2.45, 2.75) is 39.7 Å². The topological polar surface area (TPSA) is 26.0 Å². The van der Waals surface area contributed by atoms with Crippen LogP contribution in [0.5, 0.6) is 0 Å². The Balaban J connectivity index is 0.000001000. The van der Waals surface area contributed by atoms with Crippen molar-refractivity contribution in [1.29, 1.82) is 0 Å². The second-order valence-electron chi connectivity index (χ2n) is 4.22. The minimum Gasteiger partial charge on any atom is -0.324 e. The van der Waals surface area contributed by atoms with Crippen LogP contribution in [0, 0.1) is 5.41 Å². The zero-order valence-corrected chi connectivity index (χ0v) is 8.37. The highest BCUT2D eigenvalue weighted by molar-refractivity contribution is 5.85. The van der Waals surface area contributed by atoms with Crippen molar-refractivity contribution in [2.75, 3.05) is 0 Å². The molecule has 1 nitrogen and oxygen atoms in total. The van der Waals surface area contributed by atoms with Crippen LogP contribution in [0.25, 0.3) is 0 Å². The van der Waals surface area contributed by atoms with Gasteiger partial charge in [0.05, 0.1) is 0 Å². The van der Waals surface area contributed by atoms with Gasteiger partial charge < -0.3 is 5.73 Å². The van der Waals surface area contributed by atoms with Gasteiger partial charge in [-0.2, -0.15) is 0 Å². The van der Waals surface area contributed by atoms with Crippen molar-refractivity contribution in [2.24, 2.45) is 11.1 Å². The van der Waals surface area contributed by atoms with Gasteiger partial charge in [-0.25, -0.2) is 0 Å². The molecule has 0 bridgehead atoms. The highest BCUT2D eigenvalue weighted by Crippen LogP contribution is 2.34. The lowest BCUT2D eigenvalue weighted by Gasteiger charge is -2.31. The molecule has 0 spiro atoms. The van der Waals surface area contributed by atoms with E-state index in [9.17, 15) is 0 Å². The van der Waals surface area contributed by atoms with E-state index >= 15 is 0 Å². The second-order valence-corrected chi connectivity index (χ2v) is 4.22. The lowest BCUT2D eigenvalue weighted by Crippen LogP contribution is -2.30. The van der Waals surface area contributed by atoms with Gasteiger partial charge in [0, 0.05) is 6.04 Å². The summed E-state index contributed by atoms with van der Waals surface area (Å²) >= 11 is 0. The smallest absolute Gasteiger partial charge is 0.0231 e. The number of allylic oxidation sites excluding steroid dienone is 1. The zero-order valence-electron chi connectivity index (χ0n) is 7.55. The van der Waals surface area contributed by atoms with Crippen LogP contribution in [-0.2, 0) is 0 Å². The van der Waals surface area contributed by atoms with Crippen molar-refractivity contribution < 1.29 is 0 Å². The lowest BCUT2D eigenvalue weighted by molar-refractivity contribution is 0.302. The summed E-state index contributed by atoms with van der Waals surface area (Å²) in [6.07, 6.45) is 4.52. The molecule has 1 rings (SSSR count). The van der Waals surface area contributed by atoms with Gasteiger partial charge in [0.15, 0.2) is 0 Å². The largest absolute Gasteiger partial charge is 0.324 e. The van der Waals surface area contributed by atoms with Gasteiger partial charge >= 0.3 is 0 Å². The third-order valence-electron chi connectivity index (χ3n) is 2.04. The van der Waals surface area contributed by atoms with Crippen molar-refractivity contribution >= 4 is 12.4 Å². The minimum absolute atomic E-state index is 0. The van der Waals surface area contributed by atoms with Crippen molar-refractivity contribution in [3.8, 4) is 0 Å². The molecule has 0 amide bonds. The molecule has 0 heterocycles. The summed E-state index contributed by atoms with van der Waals surface area (Å²) in [4.78, 5) is 0. The molecule has 0 radical (unpaired) electrons. The number of rotatable bonds is 0. The fraction of sp³-hybridized carbons (Fsp3) is 0.778. The monoisotopic (exact) mass is 175 g/mol. The average molecular weight is 176 g/mol. The normalized spacial score (nSPS) is 28.7. The predicted octanol–water partition coefficient (Wildman–Crippen LogP) is 2.50. The SMILES string of the molecule is CC1=CC(N)CC(C)(C)C1.Cl. The number of nitrogens with two attached hydrogens (primary N) is 1. The first-order valence-electron chi connectivity index (χ1n) is 3.92. The molecule has 11 heavy (non-hydrogen) atoms. The molecular weight excluding hydrogens is 158 g/mol. The van der Waals surface area contributed by atoms with Crippen molar-refractivity contribution in [3.63, 3.8) is 0 Å². The molecule has 2 heteroatoms. The Hall–Kier alpha value is -0.0100. The summed E-state index contributed by atoms with van der Waals surface area (Å²) in [5.41, 5.74) is 7.70. The van der Waals surface area contributed by atoms with E-state index in [4.69, 9.17) is 5.73 Å². The molecule has 0 fully saturated rings. The fourth-order valence-electron chi connectivity index (χ4n) is 1.95. The first-order chi connectivity index (χ1) is 4.49. The summed E-state index contributed by atoms with van der Waals surface area (Å²) in [5, 5.41) is 0. The maximum absolute atomic E-state index is 5.82. The first-order valence-corrected chi connectivity index (χ1v) is 3.92. The Labute approximate surface area is 75.5 Å². The highest BCUT2D eigenvalue weighted by atomic mass is 35.5. The van der Waals surface area contributed by atoms with Crippen LogP contribution in [0.1, 0.15) is 33.6 Å². The van der Waals surface area contributed by atoms with Gasteiger partial charge in [0.1, 0.15) is 0 Å². The summed E-state index contributed by atoms with van der Waals surface area (Å²) < 4.78 is 0. The van der Waals surface area contributed by atoms with E-state index in [1.165, 1.54) is 12.0 Å². The maximum atomic E-state index is 5.82. The van der Waals surface area contributed by atoms with Crippen LogP contribution in [0.4, 0.5) is 0 Å². The van der Waals surface area contributed by atoms with E-state index < -0.39 is 0 Å². The van der Waals surface area contributed by atoms with Gasteiger partial charge in [-0.05, 0) is 25.2 Å². The average Bonchev–Trinajstić information content (AvgIpc) is 1.54. The Morgan fingerprint density at radius 2 is 2.09 bits per heavy atom. The molecule has 0 aromatic rings. The molecule has 0 saturated heterocycles. The van der Waals surface area contributed by atoms with E-state index in [1.54, 1.807) is 0 Å². The Bertz CT molecular complexity index is 161. The number of halogens is 1. The molecule has 2 N–H and O–H groups in total. The van der Waals surface area contributed by atoms with Crippen LogP contribution in [0.2, 0.25) is 0 Å². The molecule has 0 saturated carbocycles. The minimum atomic E-state index is 0. The van der Waals surface area contributed by atoms with E-state index in [2.05, 4.69) is 26.8 Å². The fourth-order valence-corrected chi connectivity index (χ4v) is 1.95. The van der Waals surface area contributed by atoms with Crippen molar-refractivity contribution in [1.82, 2.24) is 0 Å². The second kappa shape index (κ2) is 3.59. The predicted molar refractivity (Wildman–Crippen MR) is 52.0 cm³/mol. The summed E-state index contributed by atoms with van der Waals surface area (Å²) in [7, 11) is 0. The Morgan fingerprint density at radius 1 is 1.55 bits per heavy atom. The van der Waals surface area contributed by atoms with Gasteiger partial charge in [0.2, 0.25) is 0 Å². The van der Waals surface area contributed by atoms with Crippen LogP contribution < -0.4 is 5.73 Å². The van der Waals surface area contributed by atoms with E-state index in [1.807, 2.05) is 0 Å². The van der Waals surface area contributed by atoms with Crippen LogP contribution >= 0.6 is 12.4 Å². The van der Waals surface area contributed by atoms with Crippen molar-refractivity contribution in [3.05, 3.63) is 11.6 Å². The quantitative estimate of drug-likeness (QED) is 0.563. The summed E-state index contributed by atoms with van der Waals surface area (Å²) in [5.74, 6) is 0. The van der Waals surface area contributed by atoms with E-state index in [0.29, 0.717) is 11.5 Å².